The van der Waals surface area contributed by atoms with Crippen LogP contribution < -0.4 is 4.74 Å². The Bertz CT molecular complexity index is 915. The van der Waals surface area contributed by atoms with Gasteiger partial charge in [0.05, 0.1) is 12.4 Å². The number of aromatic nitrogens is 5. The Morgan fingerprint density at radius 2 is 1.89 bits per heavy atom. The van der Waals surface area contributed by atoms with Gasteiger partial charge in [0.25, 0.3) is 0 Å². The summed E-state index contributed by atoms with van der Waals surface area (Å²) in [6, 6.07) is 8.43. The molecule has 0 aliphatic heterocycles. The molecule has 28 heavy (non-hydrogen) atoms. The standard InChI is InChI=1S/C20H25N5O2S/c1-13(19-21-14(2)24-27-19)28-20-23-22-18(15-9-11-17(26-3)12-10-15)25(20)16-7-5-4-6-8-16/h9-13,16H,4-8H2,1-3H3. The molecule has 1 atom stereocenters. The molecule has 4 rings (SSSR count). The third-order valence-electron chi connectivity index (χ3n) is 5.13. The van der Waals surface area contributed by atoms with Crippen LogP contribution in [0.25, 0.3) is 11.4 Å². The number of methoxy groups -OCH3 is 1. The summed E-state index contributed by atoms with van der Waals surface area (Å²) in [4.78, 5) is 4.36. The zero-order valence-corrected chi connectivity index (χ0v) is 17.3. The Morgan fingerprint density at radius 1 is 1.14 bits per heavy atom. The molecular formula is C20H25N5O2S. The SMILES string of the molecule is COc1ccc(-c2nnc(SC(C)c3nc(C)no3)n2C2CCCCC2)cc1. The molecule has 2 heterocycles. The molecule has 148 valence electrons. The Hall–Kier alpha value is -2.35. The van der Waals surface area contributed by atoms with Crippen LogP contribution >= 0.6 is 11.8 Å². The first-order valence-electron chi connectivity index (χ1n) is 9.72. The smallest absolute Gasteiger partial charge is 0.239 e. The molecular weight excluding hydrogens is 374 g/mol. The average molecular weight is 400 g/mol. The maximum atomic E-state index is 5.35. The third-order valence-corrected chi connectivity index (χ3v) is 6.17. The molecule has 0 spiro atoms. The highest BCUT2D eigenvalue weighted by molar-refractivity contribution is 7.99. The van der Waals surface area contributed by atoms with Gasteiger partial charge in [0.2, 0.25) is 5.89 Å². The van der Waals surface area contributed by atoms with E-state index in [1.165, 1.54) is 19.3 Å². The van der Waals surface area contributed by atoms with Crippen LogP contribution in [0.4, 0.5) is 0 Å². The molecule has 1 unspecified atom stereocenters. The van der Waals surface area contributed by atoms with E-state index in [0.717, 1.165) is 35.1 Å². The zero-order valence-electron chi connectivity index (χ0n) is 16.5. The van der Waals surface area contributed by atoms with E-state index in [2.05, 4.69) is 31.8 Å². The molecule has 1 aromatic carbocycles. The predicted molar refractivity (Wildman–Crippen MR) is 107 cm³/mol. The fraction of sp³-hybridized carbons (Fsp3) is 0.500. The number of rotatable bonds is 6. The molecule has 1 saturated carbocycles. The van der Waals surface area contributed by atoms with E-state index < -0.39 is 0 Å². The maximum absolute atomic E-state index is 5.35. The van der Waals surface area contributed by atoms with Crippen LogP contribution in [0.1, 0.15) is 62.0 Å². The van der Waals surface area contributed by atoms with E-state index in [1.54, 1.807) is 18.9 Å². The van der Waals surface area contributed by atoms with E-state index in [1.807, 2.05) is 31.2 Å². The van der Waals surface area contributed by atoms with Gasteiger partial charge in [-0.3, -0.25) is 4.57 Å². The largest absolute Gasteiger partial charge is 0.497 e. The summed E-state index contributed by atoms with van der Waals surface area (Å²) in [7, 11) is 1.68. The highest BCUT2D eigenvalue weighted by Gasteiger charge is 2.26. The number of hydrogen-bond acceptors (Lipinski definition) is 7. The van der Waals surface area contributed by atoms with Gasteiger partial charge in [0.15, 0.2) is 16.8 Å². The lowest BCUT2D eigenvalue weighted by Gasteiger charge is -2.26. The minimum atomic E-state index is 0.0106. The number of aryl methyl sites for hydroxylation is 1. The number of nitrogens with zero attached hydrogens (tertiary/aromatic N) is 5. The highest BCUT2D eigenvalue weighted by Crippen LogP contribution is 2.40. The molecule has 1 fully saturated rings. The normalized spacial score (nSPS) is 16.2. The van der Waals surface area contributed by atoms with Crippen LogP contribution in [-0.4, -0.2) is 32.0 Å². The van der Waals surface area contributed by atoms with Crippen LogP contribution in [0.15, 0.2) is 33.9 Å². The summed E-state index contributed by atoms with van der Waals surface area (Å²) in [5.41, 5.74) is 1.05. The van der Waals surface area contributed by atoms with Crippen molar-refractivity contribution in [2.75, 3.05) is 7.11 Å². The molecule has 3 aromatic rings. The zero-order chi connectivity index (χ0) is 19.5. The first-order chi connectivity index (χ1) is 13.7. The van der Waals surface area contributed by atoms with Gasteiger partial charge in [-0.1, -0.05) is 36.2 Å². The molecule has 1 aliphatic rings. The van der Waals surface area contributed by atoms with Crippen LogP contribution in [-0.2, 0) is 0 Å². The van der Waals surface area contributed by atoms with E-state index in [4.69, 9.17) is 9.26 Å². The van der Waals surface area contributed by atoms with Crippen LogP contribution in [0.3, 0.4) is 0 Å². The number of thioether (sulfide) groups is 1. The van der Waals surface area contributed by atoms with Crippen molar-refractivity contribution in [3.63, 3.8) is 0 Å². The second-order valence-corrected chi connectivity index (χ2v) is 8.44. The van der Waals surface area contributed by atoms with Crippen molar-refractivity contribution in [3.8, 4) is 17.1 Å². The molecule has 0 saturated heterocycles. The first-order valence-corrected chi connectivity index (χ1v) is 10.6. The van der Waals surface area contributed by atoms with Crippen molar-refractivity contribution in [1.82, 2.24) is 24.9 Å². The van der Waals surface area contributed by atoms with E-state index >= 15 is 0 Å². The van der Waals surface area contributed by atoms with Crippen LogP contribution in [0.5, 0.6) is 5.75 Å². The molecule has 1 aliphatic carbocycles. The number of ether oxygens (including phenoxy) is 1. The van der Waals surface area contributed by atoms with Gasteiger partial charge in [0, 0.05) is 11.6 Å². The van der Waals surface area contributed by atoms with Gasteiger partial charge in [-0.25, -0.2) is 0 Å². The third kappa shape index (κ3) is 3.92. The number of benzene rings is 1. The van der Waals surface area contributed by atoms with Crippen molar-refractivity contribution in [3.05, 3.63) is 36.0 Å². The summed E-state index contributed by atoms with van der Waals surface area (Å²) in [5.74, 6) is 3.01. The van der Waals surface area contributed by atoms with Gasteiger partial charge in [-0.2, -0.15) is 4.98 Å². The van der Waals surface area contributed by atoms with Crippen molar-refractivity contribution in [2.45, 2.75) is 62.4 Å². The molecule has 0 radical (unpaired) electrons. The maximum Gasteiger partial charge on any atom is 0.239 e. The van der Waals surface area contributed by atoms with Gasteiger partial charge in [-0.05, 0) is 51.0 Å². The minimum absolute atomic E-state index is 0.0106. The van der Waals surface area contributed by atoms with Crippen molar-refractivity contribution in [2.24, 2.45) is 0 Å². The van der Waals surface area contributed by atoms with Crippen molar-refractivity contribution in [1.29, 1.82) is 0 Å². The summed E-state index contributed by atoms with van der Waals surface area (Å²) in [5, 5.41) is 13.9. The van der Waals surface area contributed by atoms with Crippen LogP contribution in [0.2, 0.25) is 0 Å². The lowest BCUT2D eigenvalue weighted by Crippen LogP contribution is -2.15. The summed E-state index contributed by atoms with van der Waals surface area (Å²) >= 11 is 1.62. The minimum Gasteiger partial charge on any atom is -0.497 e. The lowest BCUT2D eigenvalue weighted by molar-refractivity contribution is 0.338. The molecule has 0 amide bonds. The monoisotopic (exact) mass is 399 g/mol. The molecule has 0 bridgehead atoms. The second kappa shape index (κ2) is 8.34. The summed E-state index contributed by atoms with van der Waals surface area (Å²) in [6.45, 7) is 3.89. The van der Waals surface area contributed by atoms with E-state index in [0.29, 0.717) is 17.8 Å². The fourth-order valence-electron chi connectivity index (χ4n) is 3.65. The van der Waals surface area contributed by atoms with Gasteiger partial charge >= 0.3 is 0 Å². The molecule has 8 heteroatoms. The summed E-state index contributed by atoms with van der Waals surface area (Å²) < 4.78 is 12.9. The lowest BCUT2D eigenvalue weighted by atomic mass is 9.95. The Kier molecular flexibility index (Phi) is 5.66. The van der Waals surface area contributed by atoms with Gasteiger partial charge in [0.1, 0.15) is 5.75 Å². The summed E-state index contributed by atoms with van der Waals surface area (Å²) in [6.07, 6.45) is 6.10. The van der Waals surface area contributed by atoms with E-state index in [9.17, 15) is 0 Å². The van der Waals surface area contributed by atoms with Gasteiger partial charge < -0.3 is 9.26 Å². The Balaban J connectivity index is 1.68. The van der Waals surface area contributed by atoms with Gasteiger partial charge in [-0.15, -0.1) is 10.2 Å². The first kappa shape index (κ1) is 19.0. The Morgan fingerprint density at radius 3 is 2.54 bits per heavy atom. The Labute approximate surface area is 168 Å². The molecule has 2 aromatic heterocycles. The van der Waals surface area contributed by atoms with Crippen molar-refractivity contribution < 1.29 is 9.26 Å². The van der Waals surface area contributed by atoms with Crippen molar-refractivity contribution >= 4 is 11.8 Å². The fourth-order valence-corrected chi connectivity index (χ4v) is 4.60. The molecule has 7 nitrogen and oxygen atoms in total. The quantitative estimate of drug-likeness (QED) is 0.539. The van der Waals surface area contributed by atoms with E-state index in [-0.39, 0.29) is 5.25 Å². The average Bonchev–Trinajstić information content (AvgIpc) is 3.35. The highest BCUT2D eigenvalue weighted by atomic mass is 32.2. The molecule has 0 N–H and O–H groups in total. The van der Waals surface area contributed by atoms with Crippen LogP contribution in [0, 0.1) is 6.92 Å². The second-order valence-electron chi connectivity index (χ2n) is 7.14. The number of hydrogen-bond donors (Lipinski definition) is 0. The topological polar surface area (TPSA) is 78.9 Å². The predicted octanol–water partition coefficient (Wildman–Crippen LogP) is 5.00.